The Morgan fingerprint density at radius 2 is 2.05 bits per heavy atom. The number of anilines is 2. The number of aromatic amines is 1. The molecule has 0 saturated carbocycles. The first-order valence-corrected chi connectivity index (χ1v) is 7.04. The summed E-state index contributed by atoms with van der Waals surface area (Å²) < 4.78 is 0. The Hall–Kier alpha value is -2.63. The molecule has 1 aromatic carbocycles. The highest BCUT2D eigenvalue weighted by Crippen LogP contribution is 2.18. The number of para-hydroxylation sites is 2. The van der Waals surface area contributed by atoms with Gasteiger partial charge in [-0.3, -0.25) is 0 Å². The second-order valence-electron chi connectivity index (χ2n) is 4.80. The van der Waals surface area contributed by atoms with Crippen molar-refractivity contribution >= 4 is 22.8 Å². The van der Waals surface area contributed by atoms with Crippen molar-refractivity contribution in [3.8, 4) is 0 Å². The first-order valence-electron chi connectivity index (χ1n) is 7.04. The Balaban J connectivity index is 1.79. The number of hydrogen-bond donors (Lipinski definition) is 3. The molecule has 0 aliphatic rings. The number of aromatic nitrogens is 4. The van der Waals surface area contributed by atoms with Crippen LogP contribution in [-0.2, 0) is 0 Å². The second-order valence-corrected chi connectivity index (χ2v) is 4.80. The van der Waals surface area contributed by atoms with E-state index in [0.29, 0.717) is 5.95 Å². The fourth-order valence-electron chi connectivity index (χ4n) is 2.15. The van der Waals surface area contributed by atoms with Crippen molar-refractivity contribution in [3.63, 3.8) is 0 Å². The standard InChI is InChI=1S/C15H18N6/c1-3-16-13-8-9-17-15(21-13)18-10(2)14-19-11-6-4-5-7-12(11)20-14/h4-10H,3H2,1-2H3,(H,19,20)(H2,16,17,18,21). The minimum Gasteiger partial charge on any atom is -0.370 e. The van der Waals surface area contributed by atoms with Gasteiger partial charge in [0.05, 0.1) is 17.1 Å². The summed E-state index contributed by atoms with van der Waals surface area (Å²) in [5, 5.41) is 6.43. The second kappa shape index (κ2) is 5.78. The smallest absolute Gasteiger partial charge is 0.225 e. The van der Waals surface area contributed by atoms with Crippen LogP contribution in [0.1, 0.15) is 25.7 Å². The molecule has 3 N–H and O–H groups in total. The van der Waals surface area contributed by atoms with Crippen molar-refractivity contribution in [2.24, 2.45) is 0 Å². The van der Waals surface area contributed by atoms with Gasteiger partial charge in [0.15, 0.2) is 0 Å². The van der Waals surface area contributed by atoms with Gasteiger partial charge in [-0.2, -0.15) is 4.98 Å². The van der Waals surface area contributed by atoms with E-state index in [9.17, 15) is 0 Å². The maximum absolute atomic E-state index is 4.58. The maximum Gasteiger partial charge on any atom is 0.225 e. The molecule has 0 saturated heterocycles. The summed E-state index contributed by atoms with van der Waals surface area (Å²) >= 11 is 0. The first-order chi connectivity index (χ1) is 10.3. The molecule has 6 heteroatoms. The number of imidazole rings is 1. The molecule has 3 aromatic rings. The van der Waals surface area contributed by atoms with Crippen molar-refractivity contribution in [1.29, 1.82) is 0 Å². The van der Waals surface area contributed by atoms with Crippen LogP contribution < -0.4 is 10.6 Å². The summed E-state index contributed by atoms with van der Waals surface area (Å²) in [6, 6.07) is 9.82. The third-order valence-electron chi connectivity index (χ3n) is 3.18. The predicted octanol–water partition coefficient (Wildman–Crippen LogP) is 2.96. The zero-order valence-electron chi connectivity index (χ0n) is 12.1. The number of nitrogens with zero attached hydrogens (tertiary/aromatic N) is 3. The largest absolute Gasteiger partial charge is 0.370 e. The van der Waals surface area contributed by atoms with Crippen molar-refractivity contribution in [3.05, 3.63) is 42.4 Å². The molecule has 1 unspecified atom stereocenters. The summed E-state index contributed by atoms with van der Waals surface area (Å²) in [5.41, 5.74) is 1.99. The fraction of sp³-hybridized carbons (Fsp3) is 0.267. The van der Waals surface area contributed by atoms with Gasteiger partial charge in [-0.25, -0.2) is 9.97 Å². The Morgan fingerprint density at radius 3 is 2.86 bits per heavy atom. The van der Waals surface area contributed by atoms with Crippen LogP contribution in [0, 0.1) is 0 Å². The van der Waals surface area contributed by atoms with Gasteiger partial charge in [0, 0.05) is 12.7 Å². The van der Waals surface area contributed by atoms with E-state index in [-0.39, 0.29) is 6.04 Å². The maximum atomic E-state index is 4.58. The van der Waals surface area contributed by atoms with Crippen LogP contribution in [0.5, 0.6) is 0 Å². The number of H-pyrrole nitrogens is 1. The Bertz CT molecular complexity index is 703. The zero-order valence-corrected chi connectivity index (χ0v) is 12.1. The third kappa shape index (κ3) is 2.94. The van der Waals surface area contributed by atoms with Crippen LogP contribution in [0.4, 0.5) is 11.8 Å². The minimum absolute atomic E-state index is 0.00530. The van der Waals surface area contributed by atoms with Gasteiger partial charge in [0.1, 0.15) is 11.6 Å². The highest BCUT2D eigenvalue weighted by atomic mass is 15.2. The molecule has 1 atom stereocenters. The van der Waals surface area contributed by atoms with Crippen LogP contribution in [0.2, 0.25) is 0 Å². The van der Waals surface area contributed by atoms with E-state index in [1.54, 1.807) is 6.20 Å². The molecule has 21 heavy (non-hydrogen) atoms. The lowest BCUT2D eigenvalue weighted by molar-refractivity contribution is 0.800. The molecule has 108 valence electrons. The van der Waals surface area contributed by atoms with Gasteiger partial charge >= 0.3 is 0 Å². The molecule has 0 fully saturated rings. The number of hydrogen-bond acceptors (Lipinski definition) is 5. The average Bonchev–Trinajstić information content (AvgIpc) is 2.92. The third-order valence-corrected chi connectivity index (χ3v) is 3.18. The molecule has 2 aromatic heterocycles. The molecule has 0 spiro atoms. The van der Waals surface area contributed by atoms with E-state index in [4.69, 9.17) is 0 Å². The van der Waals surface area contributed by atoms with E-state index < -0.39 is 0 Å². The number of benzene rings is 1. The van der Waals surface area contributed by atoms with E-state index in [1.807, 2.05) is 44.2 Å². The predicted molar refractivity (Wildman–Crippen MR) is 84.3 cm³/mol. The first kappa shape index (κ1) is 13.4. The van der Waals surface area contributed by atoms with Gasteiger partial charge in [-0.15, -0.1) is 0 Å². The van der Waals surface area contributed by atoms with Crippen LogP contribution in [0.3, 0.4) is 0 Å². The monoisotopic (exact) mass is 282 g/mol. The van der Waals surface area contributed by atoms with Crippen molar-refractivity contribution in [2.75, 3.05) is 17.2 Å². The molecular formula is C15H18N6. The van der Waals surface area contributed by atoms with E-state index in [2.05, 4.69) is 30.6 Å². The van der Waals surface area contributed by atoms with Crippen LogP contribution >= 0.6 is 0 Å². The fourth-order valence-corrected chi connectivity index (χ4v) is 2.15. The average molecular weight is 282 g/mol. The molecule has 0 aliphatic carbocycles. The zero-order chi connectivity index (χ0) is 14.7. The number of nitrogens with one attached hydrogen (secondary N) is 3. The van der Waals surface area contributed by atoms with Crippen LogP contribution in [-0.4, -0.2) is 26.5 Å². The number of fused-ring (bicyclic) bond motifs is 1. The van der Waals surface area contributed by atoms with E-state index in [1.165, 1.54) is 0 Å². The lowest BCUT2D eigenvalue weighted by Gasteiger charge is -2.12. The van der Waals surface area contributed by atoms with Gasteiger partial charge in [0.25, 0.3) is 0 Å². The highest BCUT2D eigenvalue weighted by Gasteiger charge is 2.11. The van der Waals surface area contributed by atoms with Gasteiger partial charge in [0.2, 0.25) is 5.95 Å². The molecule has 2 heterocycles. The lowest BCUT2D eigenvalue weighted by Crippen LogP contribution is -2.11. The summed E-state index contributed by atoms with van der Waals surface area (Å²) in [6.45, 7) is 4.89. The summed E-state index contributed by atoms with van der Waals surface area (Å²) in [6.07, 6.45) is 1.73. The Labute approximate surface area is 123 Å². The molecule has 3 rings (SSSR count). The topological polar surface area (TPSA) is 78.5 Å². The van der Waals surface area contributed by atoms with Gasteiger partial charge in [-0.05, 0) is 32.0 Å². The highest BCUT2D eigenvalue weighted by molar-refractivity contribution is 5.74. The summed E-state index contributed by atoms with van der Waals surface area (Å²) in [7, 11) is 0. The molecule has 0 amide bonds. The van der Waals surface area contributed by atoms with Crippen molar-refractivity contribution in [2.45, 2.75) is 19.9 Å². The van der Waals surface area contributed by atoms with Crippen LogP contribution in [0.15, 0.2) is 36.5 Å². The van der Waals surface area contributed by atoms with E-state index in [0.717, 1.165) is 29.2 Å². The van der Waals surface area contributed by atoms with Crippen molar-refractivity contribution in [1.82, 2.24) is 19.9 Å². The molecule has 0 aliphatic heterocycles. The normalized spacial score (nSPS) is 12.3. The SMILES string of the molecule is CCNc1ccnc(NC(C)c2nc3ccccc3[nH]2)n1. The lowest BCUT2D eigenvalue weighted by atomic mass is 10.3. The molecule has 0 radical (unpaired) electrons. The minimum atomic E-state index is -0.00530. The Morgan fingerprint density at radius 1 is 1.19 bits per heavy atom. The Kier molecular flexibility index (Phi) is 3.68. The number of rotatable bonds is 5. The van der Waals surface area contributed by atoms with Crippen LogP contribution in [0.25, 0.3) is 11.0 Å². The van der Waals surface area contributed by atoms with Gasteiger partial charge in [-0.1, -0.05) is 12.1 Å². The molecule has 0 bridgehead atoms. The molecular weight excluding hydrogens is 264 g/mol. The summed E-state index contributed by atoms with van der Waals surface area (Å²) in [5.74, 6) is 2.27. The van der Waals surface area contributed by atoms with Crippen molar-refractivity contribution < 1.29 is 0 Å². The van der Waals surface area contributed by atoms with E-state index >= 15 is 0 Å². The quantitative estimate of drug-likeness (QED) is 0.670. The summed E-state index contributed by atoms with van der Waals surface area (Å²) in [4.78, 5) is 16.5. The molecule has 6 nitrogen and oxygen atoms in total. The van der Waals surface area contributed by atoms with Gasteiger partial charge < -0.3 is 15.6 Å².